The van der Waals surface area contributed by atoms with Crippen LogP contribution in [0.25, 0.3) is 22.1 Å². The van der Waals surface area contributed by atoms with E-state index in [4.69, 9.17) is 9.83 Å². The number of aromatic nitrogens is 1. The van der Waals surface area contributed by atoms with Crippen LogP contribution in [0.1, 0.15) is 36.6 Å². The Kier molecular flexibility index (Phi) is 3.82. The normalized spacial score (nSPS) is 11.0. The zero-order valence-corrected chi connectivity index (χ0v) is 13.7. The fourth-order valence-corrected chi connectivity index (χ4v) is 2.81. The van der Waals surface area contributed by atoms with Crippen molar-refractivity contribution in [2.45, 2.75) is 26.7 Å². The van der Waals surface area contributed by atoms with Crippen molar-refractivity contribution in [1.82, 2.24) is 4.98 Å². The van der Waals surface area contributed by atoms with Crippen molar-refractivity contribution in [3.05, 3.63) is 63.1 Å². The highest BCUT2D eigenvalue weighted by atomic mass is 16.3. The zero-order chi connectivity index (χ0) is 17.4. The molecule has 2 aromatic heterocycles. The predicted octanol–water partition coefficient (Wildman–Crippen LogP) is 3.57. The molecule has 0 atom stereocenters. The van der Waals surface area contributed by atoms with Crippen LogP contribution in [0.2, 0.25) is 0 Å². The minimum atomic E-state index is -0.326. The van der Waals surface area contributed by atoms with E-state index in [9.17, 15) is 10.1 Å². The summed E-state index contributed by atoms with van der Waals surface area (Å²) >= 11 is 0. The van der Waals surface area contributed by atoms with Gasteiger partial charge in [-0.25, -0.2) is 0 Å². The highest BCUT2D eigenvalue weighted by Crippen LogP contribution is 2.29. The van der Waals surface area contributed by atoms with Gasteiger partial charge in [0.15, 0.2) is 0 Å². The summed E-state index contributed by atoms with van der Waals surface area (Å²) in [5.41, 5.74) is 2.78. The largest absolute Gasteiger partial charge is 0.437 e. The molecule has 5 heteroatoms. The van der Waals surface area contributed by atoms with Crippen molar-refractivity contribution in [1.29, 1.82) is 10.7 Å². The Balaban J connectivity index is 2.43. The minimum Gasteiger partial charge on any atom is -0.437 e. The van der Waals surface area contributed by atoms with Gasteiger partial charge in [-0.1, -0.05) is 38.1 Å². The molecule has 3 aromatic rings. The number of nitrogens with one attached hydrogen (secondary N) is 2. The molecule has 0 fully saturated rings. The van der Waals surface area contributed by atoms with Gasteiger partial charge in [-0.05, 0) is 24.0 Å². The van der Waals surface area contributed by atoms with Crippen LogP contribution in [0, 0.1) is 23.7 Å². The van der Waals surface area contributed by atoms with E-state index in [1.807, 2.05) is 30.3 Å². The number of hydrogen-bond acceptors (Lipinski definition) is 4. The molecule has 2 heterocycles. The summed E-state index contributed by atoms with van der Waals surface area (Å²) in [5.74, 6) is 0.384. The maximum atomic E-state index is 12.5. The summed E-state index contributed by atoms with van der Waals surface area (Å²) in [7, 11) is 0. The second-order valence-electron chi connectivity index (χ2n) is 6.09. The van der Waals surface area contributed by atoms with Crippen LogP contribution in [-0.2, 0) is 0 Å². The lowest BCUT2D eigenvalue weighted by molar-refractivity contribution is 0.530. The molecule has 2 N–H and O–H groups in total. The van der Waals surface area contributed by atoms with Crippen LogP contribution in [-0.4, -0.2) is 4.98 Å². The van der Waals surface area contributed by atoms with E-state index < -0.39 is 0 Å². The van der Waals surface area contributed by atoms with Gasteiger partial charge >= 0.3 is 0 Å². The summed E-state index contributed by atoms with van der Waals surface area (Å²) in [6.45, 7) is 5.94. The molecular formula is C19H17N3O2. The molecule has 24 heavy (non-hydrogen) atoms. The lowest BCUT2D eigenvalue weighted by atomic mass is 9.95. The molecule has 3 rings (SSSR count). The van der Waals surface area contributed by atoms with Gasteiger partial charge in [-0.2, -0.15) is 5.26 Å². The van der Waals surface area contributed by atoms with E-state index >= 15 is 0 Å². The van der Waals surface area contributed by atoms with Crippen molar-refractivity contribution < 1.29 is 4.42 Å². The Morgan fingerprint density at radius 1 is 1.25 bits per heavy atom. The fraction of sp³-hybridized carbons (Fsp3) is 0.211. The third-order valence-corrected chi connectivity index (χ3v) is 4.05. The van der Waals surface area contributed by atoms with Crippen LogP contribution < -0.4 is 11.1 Å². The van der Waals surface area contributed by atoms with E-state index in [1.165, 1.54) is 0 Å². The molecule has 0 radical (unpaired) electrons. The van der Waals surface area contributed by atoms with Crippen LogP contribution in [0.3, 0.4) is 0 Å². The topological polar surface area (TPSA) is 93.6 Å². The maximum Gasteiger partial charge on any atom is 0.259 e. The molecule has 0 aliphatic heterocycles. The second kappa shape index (κ2) is 5.82. The first-order valence-corrected chi connectivity index (χ1v) is 7.68. The lowest BCUT2D eigenvalue weighted by Gasteiger charge is -2.10. The molecule has 0 unspecified atom stereocenters. The monoisotopic (exact) mass is 319 g/mol. The first-order chi connectivity index (χ1) is 11.4. The molecule has 0 bridgehead atoms. The van der Waals surface area contributed by atoms with Gasteiger partial charge in [-0.3, -0.25) is 10.2 Å². The summed E-state index contributed by atoms with van der Waals surface area (Å²) in [5, 5.41) is 17.8. The van der Waals surface area contributed by atoms with Gasteiger partial charge in [0.05, 0.1) is 5.39 Å². The van der Waals surface area contributed by atoms with Crippen molar-refractivity contribution in [3.8, 4) is 17.2 Å². The summed E-state index contributed by atoms with van der Waals surface area (Å²) < 4.78 is 5.39. The number of hydrogen-bond donors (Lipinski definition) is 2. The smallest absolute Gasteiger partial charge is 0.259 e. The number of aromatic amines is 1. The number of aryl methyl sites for hydroxylation is 1. The molecule has 0 saturated heterocycles. The Morgan fingerprint density at radius 3 is 2.50 bits per heavy atom. The van der Waals surface area contributed by atoms with E-state index in [-0.39, 0.29) is 16.7 Å². The van der Waals surface area contributed by atoms with Crippen LogP contribution in [0.15, 0.2) is 39.5 Å². The molecule has 1 aromatic carbocycles. The highest BCUT2D eigenvalue weighted by Gasteiger charge is 2.17. The van der Waals surface area contributed by atoms with Gasteiger partial charge in [0.1, 0.15) is 17.2 Å². The van der Waals surface area contributed by atoms with Crippen molar-refractivity contribution in [2.75, 3.05) is 0 Å². The van der Waals surface area contributed by atoms with E-state index in [0.717, 1.165) is 11.1 Å². The lowest BCUT2D eigenvalue weighted by Crippen LogP contribution is -2.15. The molecule has 0 aliphatic carbocycles. The van der Waals surface area contributed by atoms with Gasteiger partial charge in [0.2, 0.25) is 5.55 Å². The van der Waals surface area contributed by atoms with Crippen molar-refractivity contribution in [2.24, 2.45) is 0 Å². The standard InChI is InChI=1S/C19H17N3O2/c1-10(2)12-4-6-13(7-5-12)16-14(9-20)18(21)24-15-8-11(3)22-19(23)17(15)16/h4-8,10,21H,1-3H3,(H,22,23). The second-order valence-corrected chi connectivity index (χ2v) is 6.09. The predicted molar refractivity (Wildman–Crippen MR) is 91.7 cm³/mol. The third kappa shape index (κ3) is 2.52. The first kappa shape index (κ1) is 15.8. The van der Waals surface area contributed by atoms with Gasteiger partial charge in [0.25, 0.3) is 5.56 Å². The Bertz CT molecular complexity index is 1080. The van der Waals surface area contributed by atoms with Crippen molar-refractivity contribution >= 4 is 11.0 Å². The summed E-state index contributed by atoms with van der Waals surface area (Å²) in [6.07, 6.45) is 0. The van der Waals surface area contributed by atoms with Crippen LogP contribution in [0.4, 0.5) is 0 Å². The number of nitriles is 1. The van der Waals surface area contributed by atoms with E-state index in [2.05, 4.69) is 18.8 Å². The number of fused-ring (bicyclic) bond motifs is 1. The Hall–Kier alpha value is -3.13. The number of nitrogens with zero attached hydrogens (tertiary/aromatic N) is 1. The number of rotatable bonds is 2. The Labute approximate surface area is 138 Å². The van der Waals surface area contributed by atoms with Gasteiger partial charge in [0, 0.05) is 17.3 Å². The average Bonchev–Trinajstić information content (AvgIpc) is 2.53. The SMILES string of the molecule is Cc1cc2oc(=N)c(C#N)c(-c3ccc(C(C)C)cc3)c2c(=O)[nH]1. The maximum absolute atomic E-state index is 12.5. The van der Waals surface area contributed by atoms with E-state index in [1.54, 1.807) is 13.0 Å². The van der Waals surface area contributed by atoms with Crippen molar-refractivity contribution in [3.63, 3.8) is 0 Å². The molecule has 0 saturated carbocycles. The minimum absolute atomic E-state index is 0.0640. The zero-order valence-electron chi connectivity index (χ0n) is 13.7. The molecular weight excluding hydrogens is 302 g/mol. The molecule has 0 amide bonds. The molecule has 0 aliphatic rings. The molecule has 0 spiro atoms. The number of pyridine rings is 1. The fourth-order valence-electron chi connectivity index (χ4n) is 2.81. The van der Waals surface area contributed by atoms with E-state index in [0.29, 0.717) is 28.1 Å². The first-order valence-electron chi connectivity index (χ1n) is 7.68. The van der Waals surface area contributed by atoms with Gasteiger partial charge in [-0.15, -0.1) is 0 Å². The Morgan fingerprint density at radius 2 is 1.92 bits per heavy atom. The summed E-state index contributed by atoms with van der Waals surface area (Å²) in [6, 6.07) is 11.4. The van der Waals surface area contributed by atoms with Crippen LogP contribution >= 0.6 is 0 Å². The third-order valence-electron chi connectivity index (χ3n) is 4.05. The average molecular weight is 319 g/mol. The summed E-state index contributed by atoms with van der Waals surface area (Å²) in [4.78, 5) is 15.2. The van der Waals surface area contributed by atoms with Crippen LogP contribution in [0.5, 0.6) is 0 Å². The highest BCUT2D eigenvalue weighted by molar-refractivity contribution is 5.95. The number of benzene rings is 1. The quantitative estimate of drug-likeness (QED) is 0.756. The number of H-pyrrole nitrogens is 1. The van der Waals surface area contributed by atoms with Gasteiger partial charge < -0.3 is 9.40 Å². The molecule has 120 valence electrons. The molecule has 5 nitrogen and oxygen atoms in total.